The predicted molar refractivity (Wildman–Crippen MR) is 110 cm³/mol. The lowest BCUT2D eigenvalue weighted by molar-refractivity contribution is 0.469. The first-order valence-corrected chi connectivity index (χ1v) is 9.39. The molecule has 27 heavy (non-hydrogen) atoms. The number of rotatable bonds is 5. The molecule has 0 N–H and O–H groups in total. The second kappa shape index (κ2) is 7.78. The van der Waals surface area contributed by atoms with Gasteiger partial charge in [-0.25, -0.2) is 4.68 Å². The van der Waals surface area contributed by atoms with E-state index in [4.69, 9.17) is 4.74 Å². The zero-order chi connectivity index (χ0) is 19.6. The lowest BCUT2D eigenvalue weighted by Crippen LogP contribution is -2.24. The summed E-state index contributed by atoms with van der Waals surface area (Å²) in [7, 11) is 1.69. The van der Waals surface area contributed by atoms with Crippen LogP contribution in [-0.4, -0.2) is 9.78 Å². The number of aromatic nitrogens is 2. The molecule has 1 aromatic heterocycles. The fourth-order valence-corrected chi connectivity index (χ4v) is 3.53. The molecule has 1 heterocycles. The Morgan fingerprint density at radius 2 is 1.56 bits per heavy atom. The van der Waals surface area contributed by atoms with Gasteiger partial charge in [-0.15, -0.1) is 0 Å². The minimum absolute atomic E-state index is 0.139. The van der Waals surface area contributed by atoms with Gasteiger partial charge in [-0.1, -0.05) is 49.7 Å². The molecule has 0 aliphatic carbocycles. The first-order chi connectivity index (χ1) is 13.0. The Hall–Kier alpha value is -2.88. The van der Waals surface area contributed by atoms with Crippen molar-refractivity contribution in [3.63, 3.8) is 0 Å². The van der Waals surface area contributed by atoms with Crippen LogP contribution in [0, 0.1) is 13.8 Å². The summed E-state index contributed by atoms with van der Waals surface area (Å²) in [4.78, 5) is 13.2. The molecule has 0 saturated heterocycles. The number of hydrogen-bond donors (Lipinski definition) is 0. The summed E-state index contributed by atoms with van der Waals surface area (Å²) >= 11 is 0. The highest BCUT2D eigenvalue weighted by Gasteiger charge is 2.22. The molecule has 0 spiro atoms. The van der Waals surface area contributed by atoms with Gasteiger partial charge in [0.15, 0.2) is 5.75 Å². The summed E-state index contributed by atoms with van der Waals surface area (Å²) in [5.41, 5.74) is 5.67. The SMILES string of the molecule is CCc1cc(C)cc(CC)c1-c1c(Oc2ccccc2)c(C)nn(C)c1=O. The molecule has 3 rings (SSSR count). The maximum atomic E-state index is 13.2. The fraction of sp³-hybridized carbons (Fsp3) is 0.304. The molecule has 0 unspecified atom stereocenters. The average molecular weight is 362 g/mol. The second-order valence-electron chi connectivity index (χ2n) is 6.80. The summed E-state index contributed by atoms with van der Waals surface area (Å²) in [6, 6.07) is 13.9. The molecule has 0 amide bonds. The van der Waals surface area contributed by atoms with Crippen molar-refractivity contribution in [3.8, 4) is 22.6 Å². The van der Waals surface area contributed by atoms with Crippen molar-refractivity contribution in [3.05, 3.63) is 75.2 Å². The van der Waals surface area contributed by atoms with E-state index in [0.29, 0.717) is 22.8 Å². The van der Waals surface area contributed by atoms with E-state index in [1.807, 2.05) is 37.3 Å². The third kappa shape index (κ3) is 3.65. The molecule has 2 aromatic carbocycles. The zero-order valence-electron chi connectivity index (χ0n) is 16.7. The van der Waals surface area contributed by atoms with Gasteiger partial charge in [0.05, 0.1) is 5.56 Å². The van der Waals surface area contributed by atoms with Crippen molar-refractivity contribution in [2.75, 3.05) is 0 Å². The summed E-state index contributed by atoms with van der Waals surface area (Å²) < 4.78 is 7.59. The van der Waals surface area contributed by atoms with Crippen LogP contribution in [-0.2, 0) is 19.9 Å². The Kier molecular flexibility index (Phi) is 5.45. The average Bonchev–Trinajstić information content (AvgIpc) is 2.67. The first kappa shape index (κ1) is 18.9. The zero-order valence-corrected chi connectivity index (χ0v) is 16.7. The van der Waals surface area contributed by atoms with Gasteiger partial charge in [-0.2, -0.15) is 5.10 Å². The normalized spacial score (nSPS) is 10.9. The van der Waals surface area contributed by atoms with Crippen LogP contribution in [0.25, 0.3) is 11.1 Å². The monoisotopic (exact) mass is 362 g/mol. The predicted octanol–water partition coefficient (Wildman–Crippen LogP) is 4.98. The molecule has 4 nitrogen and oxygen atoms in total. The van der Waals surface area contributed by atoms with E-state index in [1.165, 1.54) is 10.2 Å². The standard InChI is InChI=1S/C23H26N2O2/c1-6-17-13-15(3)14-18(7-2)20(17)21-22(16(4)24-25(5)23(21)26)27-19-11-9-8-10-12-19/h8-14H,6-7H2,1-5H3. The van der Waals surface area contributed by atoms with Crippen LogP contribution in [0.3, 0.4) is 0 Å². The van der Waals surface area contributed by atoms with Crippen LogP contribution in [0.2, 0.25) is 0 Å². The van der Waals surface area contributed by atoms with Crippen molar-refractivity contribution >= 4 is 0 Å². The molecule has 0 fully saturated rings. The Labute approximate surface area is 160 Å². The molecule has 0 bridgehead atoms. The van der Waals surface area contributed by atoms with Crippen LogP contribution in [0.1, 0.15) is 36.2 Å². The van der Waals surface area contributed by atoms with Gasteiger partial charge >= 0.3 is 0 Å². The first-order valence-electron chi connectivity index (χ1n) is 9.39. The summed E-state index contributed by atoms with van der Waals surface area (Å²) in [5.74, 6) is 1.23. The van der Waals surface area contributed by atoms with Gasteiger partial charge in [-0.3, -0.25) is 4.79 Å². The van der Waals surface area contributed by atoms with Gasteiger partial charge in [0.25, 0.3) is 5.56 Å². The number of nitrogens with zero attached hydrogens (tertiary/aromatic N) is 2. The Balaban J connectivity index is 2.35. The Morgan fingerprint density at radius 1 is 0.963 bits per heavy atom. The second-order valence-corrected chi connectivity index (χ2v) is 6.80. The van der Waals surface area contributed by atoms with Crippen LogP contribution in [0.5, 0.6) is 11.5 Å². The van der Waals surface area contributed by atoms with Gasteiger partial charge in [-0.05, 0) is 55.5 Å². The van der Waals surface area contributed by atoms with Crippen molar-refractivity contribution in [2.24, 2.45) is 7.05 Å². The molecule has 140 valence electrons. The summed E-state index contributed by atoms with van der Waals surface area (Å²) in [6.45, 7) is 8.22. The molecule has 0 radical (unpaired) electrons. The molecular formula is C23H26N2O2. The maximum Gasteiger partial charge on any atom is 0.278 e. The lowest BCUT2D eigenvalue weighted by atomic mass is 9.90. The fourth-order valence-electron chi connectivity index (χ4n) is 3.53. The van der Waals surface area contributed by atoms with Crippen LogP contribution < -0.4 is 10.3 Å². The quantitative estimate of drug-likeness (QED) is 0.643. The van der Waals surface area contributed by atoms with Gasteiger partial charge in [0, 0.05) is 7.05 Å². The van der Waals surface area contributed by atoms with Crippen molar-refractivity contribution < 1.29 is 4.74 Å². The van der Waals surface area contributed by atoms with E-state index < -0.39 is 0 Å². The van der Waals surface area contributed by atoms with E-state index in [0.717, 1.165) is 29.5 Å². The third-order valence-electron chi connectivity index (χ3n) is 4.78. The summed E-state index contributed by atoms with van der Waals surface area (Å²) in [5, 5.41) is 4.36. The number of benzene rings is 2. The summed E-state index contributed by atoms with van der Waals surface area (Å²) in [6.07, 6.45) is 1.69. The van der Waals surface area contributed by atoms with Gasteiger partial charge in [0.2, 0.25) is 0 Å². The Morgan fingerprint density at radius 3 is 2.11 bits per heavy atom. The molecule has 0 saturated carbocycles. The molecule has 3 aromatic rings. The molecule has 4 heteroatoms. The van der Waals surface area contributed by atoms with E-state index in [1.54, 1.807) is 7.05 Å². The highest BCUT2D eigenvalue weighted by atomic mass is 16.5. The molecule has 0 aliphatic rings. The molecular weight excluding hydrogens is 336 g/mol. The number of para-hydroxylation sites is 1. The minimum atomic E-state index is -0.139. The smallest absolute Gasteiger partial charge is 0.278 e. The lowest BCUT2D eigenvalue weighted by Gasteiger charge is -2.19. The minimum Gasteiger partial charge on any atom is -0.455 e. The van der Waals surface area contributed by atoms with Gasteiger partial charge < -0.3 is 4.74 Å². The van der Waals surface area contributed by atoms with E-state index in [9.17, 15) is 4.79 Å². The van der Waals surface area contributed by atoms with E-state index in [-0.39, 0.29) is 5.56 Å². The number of aryl methyl sites for hydroxylation is 5. The van der Waals surface area contributed by atoms with E-state index in [2.05, 4.69) is 38.0 Å². The Bertz CT molecular complexity index is 996. The van der Waals surface area contributed by atoms with Gasteiger partial charge in [0.1, 0.15) is 11.4 Å². The highest BCUT2D eigenvalue weighted by molar-refractivity contribution is 5.77. The highest BCUT2D eigenvalue weighted by Crippen LogP contribution is 2.37. The number of ether oxygens (including phenoxy) is 1. The van der Waals surface area contributed by atoms with Crippen LogP contribution in [0.4, 0.5) is 0 Å². The van der Waals surface area contributed by atoms with Crippen LogP contribution >= 0.6 is 0 Å². The largest absolute Gasteiger partial charge is 0.455 e. The molecule has 0 aliphatic heterocycles. The third-order valence-corrected chi connectivity index (χ3v) is 4.78. The maximum absolute atomic E-state index is 13.2. The van der Waals surface area contributed by atoms with Crippen molar-refractivity contribution in [2.45, 2.75) is 40.5 Å². The van der Waals surface area contributed by atoms with Crippen molar-refractivity contribution in [1.82, 2.24) is 9.78 Å². The molecule has 0 atom stereocenters. The topological polar surface area (TPSA) is 44.1 Å². The van der Waals surface area contributed by atoms with Crippen LogP contribution in [0.15, 0.2) is 47.3 Å². The number of hydrogen-bond acceptors (Lipinski definition) is 3. The van der Waals surface area contributed by atoms with E-state index >= 15 is 0 Å². The van der Waals surface area contributed by atoms with Crippen molar-refractivity contribution in [1.29, 1.82) is 0 Å².